The van der Waals surface area contributed by atoms with Gasteiger partial charge in [-0.1, -0.05) is 41.1 Å². The smallest absolute Gasteiger partial charge is 0.270 e. The summed E-state index contributed by atoms with van der Waals surface area (Å²) in [6.07, 6.45) is 0. The Morgan fingerprint density at radius 3 is 2.61 bits per heavy atom. The average molecular weight is 467 g/mol. The van der Waals surface area contributed by atoms with E-state index in [-0.39, 0.29) is 11.6 Å². The monoisotopic (exact) mass is 466 g/mol. The van der Waals surface area contributed by atoms with Gasteiger partial charge in [0.1, 0.15) is 0 Å². The van der Waals surface area contributed by atoms with Crippen molar-refractivity contribution in [2.75, 3.05) is 5.32 Å². The number of benzene rings is 2. The first-order chi connectivity index (χ1) is 15.0. The zero-order valence-corrected chi connectivity index (χ0v) is 17.9. The fraction of sp³-hybridized carbons (Fsp3) is 0. The van der Waals surface area contributed by atoms with Crippen molar-refractivity contribution in [2.24, 2.45) is 0 Å². The third kappa shape index (κ3) is 3.74. The van der Waals surface area contributed by atoms with E-state index in [0.717, 1.165) is 4.88 Å². The summed E-state index contributed by atoms with van der Waals surface area (Å²) in [4.78, 5) is 33.6. The normalized spacial score (nSPS) is 11.1. The van der Waals surface area contributed by atoms with Crippen LogP contribution in [0, 0.1) is 10.1 Å². The number of aromatic nitrogens is 2. The molecule has 0 aliphatic heterocycles. The first kappa shape index (κ1) is 19.6. The standard InChI is InChI=1S/C21H11ClN4O3S2/c22-19-8-7-17(30-19)16-10-13(12-3-1-2-4-14(12)23-16)20(27)25-21-24-15-6-5-11(26(28)29)9-18(15)31-21/h1-10H,(H,24,25,27). The van der Waals surface area contributed by atoms with Crippen LogP contribution in [0.2, 0.25) is 4.34 Å². The quantitative estimate of drug-likeness (QED) is 0.244. The van der Waals surface area contributed by atoms with Gasteiger partial charge in [0.15, 0.2) is 5.13 Å². The van der Waals surface area contributed by atoms with Gasteiger partial charge in [0.05, 0.1) is 41.1 Å². The van der Waals surface area contributed by atoms with E-state index in [9.17, 15) is 14.9 Å². The van der Waals surface area contributed by atoms with Crippen molar-refractivity contribution in [2.45, 2.75) is 0 Å². The van der Waals surface area contributed by atoms with Crippen LogP contribution in [0.4, 0.5) is 10.8 Å². The van der Waals surface area contributed by atoms with Gasteiger partial charge in [0.25, 0.3) is 11.6 Å². The molecule has 3 heterocycles. The molecule has 3 aromatic heterocycles. The summed E-state index contributed by atoms with van der Waals surface area (Å²) < 4.78 is 1.26. The van der Waals surface area contributed by atoms with Crippen molar-refractivity contribution in [3.05, 3.63) is 80.7 Å². The number of amides is 1. The Morgan fingerprint density at radius 2 is 1.84 bits per heavy atom. The molecular weight excluding hydrogens is 456 g/mol. The largest absolute Gasteiger partial charge is 0.298 e. The number of rotatable bonds is 4. The number of nitrogens with one attached hydrogen (secondary N) is 1. The van der Waals surface area contributed by atoms with Gasteiger partial charge < -0.3 is 0 Å². The van der Waals surface area contributed by atoms with Crippen molar-refractivity contribution in [1.82, 2.24) is 9.97 Å². The van der Waals surface area contributed by atoms with Crippen LogP contribution in [0.3, 0.4) is 0 Å². The predicted octanol–water partition coefficient (Wildman–Crippen LogP) is 6.39. The molecule has 152 valence electrons. The van der Waals surface area contributed by atoms with Crippen LogP contribution < -0.4 is 5.32 Å². The minimum Gasteiger partial charge on any atom is -0.298 e. The van der Waals surface area contributed by atoms with Crippen molar-refractivity contribution in [1.29, 1.82) is 0 Å². The summed E-state index contributed by atoms with van der Waals surface area (Å²) in [7, 11) is 0. The lowest BCUT2D eigenvalue weighted by Gasteiger charge is -2.08. The molecule has 0 fully saturated rings. The molecule has 0 spiro atoms. The Hall–Kier alpha value is -3.40. The van der Waals surface area contributed by atoms with Crippen molar-refractivity contribution < 1.29 is 9.72 Å². The molecule has 0 unspecified atom stereocenters. The maximum Gasteiger partial charge on any atom is 0.270 e. The highest BCUT2D eigenvalue weighted by Gasteiger charge is 2.17. The molecule has 7 nitrogen and oxygen atoms in total. The van der Waals surface area contributed by atoms with Gasteiger partial charge in [-0.15, -0.1) is 11.3 Å². The molecule has 0 aliphatic carbocycles. The number of halogens is 1. The Kier molecular flexibility index (Phi) is 4.85. The van der Waals surface area contributed by atoms with E-state index in [2.05, 4.69) is 15.3 Å². The molecule has 5 rings (SSSR count). The third-order valence-electron chi connectivity index (χ3n) is 4.59. The van der Waals surface area contributed by atoms with Crippen LogP contribution in [0.1, 0.15) is 10.4 Å². The first-order valence-electron chi connectivity index (χ1n) is 9.00. The van der Waals surface area contributed by atoms with Crippen LogP contribution in [0.15, 0.2) is 60.7 Å². The van der Waals surface area contributed by atoms with Crippen molar-refractivity contribution in [3.63, 3.8) is 0 Å². The van der Waals surface area contributed by atoms with Crippen molar-refractivity contribution in [3.8, 4) is 10.6 Å². The highest BCUT2D eigenvalue weighted by Crippen LogP contribution is 2.33. The van der Waals surface area contributed by atoms with Crippen LogP contribution in [-0.2, 0) is 0 Å². The molecule has 31 heavy (non-hydrogen) atoms. The molecule has 2 aromatic carbocycles. The molecule has 10 heteroatoms. The fourth-order valence-electron chi connectivity index (χ4n) is 3.19. The second-order valence-electron chi connectivity index (χ2n) is 6.56. The molecular formula is C21H11ClN4O3S2. The number of non-ortho nitro benzene ring substituents is 1. The van der Waals surface area contributed by atoms with E-state index in [0.29, 0.717) is 41.8 Å². The number of hydrogen-bond acceptors (Lipinski definition) is 7. The molecule has 0 saturated carbocycles. The molecule has 5 aromatic rings. The predicted molar refractivity (Wildman–Crippen MR) is 124 cm³/mol. The summed E-state index contributed by atoms with van der Waals surface area (Å²) >= 11 is 8.64. The number of nitro benzene ring substituents is 1. The maximum atomic E-state index is 13.2. The molecule has 0 bridgehead atoms. The summed E-state index contributed by atoms with van der Waals surface area (Å²) in [5.41, 5.74) is 2.36. The third-order valence-corrected chi connectivity index (χ3v) is 6.78. The van der Waals surface area contributed by atoms with E-state index in [1.807, 2.05) is 30.3 Å². The van der Waals surface area contributed by atoms with Crippen LogP contribution in [0.25, 0.3) is 31.7 Å². The van der Waals surface area contributed by atoms with Gasteiger partial charge in [-0.2, -0.15) is 0 Å². The molecule has 0 aliphatic rings. The molecule has 0 saturated heterocycles. The van der Waals surface area contributed by atoms with E-state index in [1.54, 1.807) is 18.2 Å². The lowest BCUT2D eigenvalue weighted by Crippen LogP contribution is -2.12. The number of anilines is 1. The number of nitro groups is 1. The molecule has 0 radical (unpaired) electrons. The van der Waals surface area contributed by atoms with Gasteiger partial charge in [-0.05, 0) is 30.3 Å². The van der Waals surface area contributed by atoms with Crippen LogP contribution in [0.5, 0.6) is 0 Å². The number of para-hydroxylation sites is 1. The molecule has 1 amide bonds. The molecule has 0 atom stereocenters. The Labute approximate surface area is 188 Å². The second kappa shape index (κ2) is 7.69. The van der Waals surface area contributed by atoms with Gasteiger partial charge in [-0.3, -0.25) is 20.2 Å². The first-order valence-corrected chi connectivity index (χ1v) is 11.0. The minimum atomic E-state index is -0.459. The Bertz CT molecular complexity index is 1490. The second-order valence-corrected chi connectivity index (χ2v) is 9.30. The minimum absolute atomic E-state index is 0.0200. The summed E-state index contributed by atoms with van der Waals surface area (Å²) in [6, 6.07) is 17.2. The number of fused-ring (bicyclic) bond motifs is 2. The van der Waals surface area contributed by atoms with E-state index in [1.165, 1.54) is 34.8 Å². The van der Waals surface area contributed by atoms with Crippen LogP contribution in [-0.4, -0.2) is 20.8 Å². The highest BCUT2D eigenvalue weighted by atomic mass is 35.5. The zero-order valence-electron chi connectivity index (χ0n) is 15.5. The Morgan fingerprint density at radius 1 is 1.00 bits per heavy atom. The number of carbonyl (C=O) groups is 1. The Balaban J connectivity index is 1.55. The lowest BCUT2D eigenvalue weighted by atomic mass is 10.1. The van der Waals surface area contributed by atoms with Crippen molar-refractivity contribution >= 4 is 72.1 Å². The number of thiazole rings is 1. The maximum absolute atomic E-state index is 13.2. The van der Waals surface area contributed by atoms with Gasteiger partial charge in [-0.25, -0.2) is 9.97 Å². The summed E-state index contributed by atoms with van der Waals surface area (Å²) in [5.74, 6) is -0.337. The average Bonchev–Trinajstić information content (AvgIpc) is 3.37. The fourth-order valence-corrected chi connectivity index (χ4v) is 5.08. The van der Waals surface area contributed by atoms with Gasteiger partial charge in [0.2, 0.25) is 0 Å². The number of thiophene rings is 1. The number of hydrogen-bond donors (Lipinski definition) is 1. The number of nitrogens with zero attached hydrogens (tertiary/aromatic N) is 3. The van der Waals surface area contributed by atoms with E-state index < -0.39 is 4.92 Å². The topological polar surface area (TPSA) is 98.0 Å². The summed E-state index contributed by atoms with van der Waals surface area (Å²) in [6.45, 7) is 0. The lowest BCUT2D eigenvalue weighted by molar-refractivity contribution is -0.384. The van der Waals surface area contributed by atoms with Gasteiger partial charge in [0, 0.05) is 17.5 Å². The SMILES string of the molecule is O=C(Nc1nc2ccc([N+](=O)[O-])cc2s1)c1cc(-c2ccc(Cl)s2)nc2ccccc12. The van der Waals surface area contributed by atoms with Crippen LogP contribution >= 0.6 is 34.3 Å². The van der Waals surface area contributed by atoms with E-state index >= 15 is 0 Å². The van der Waals surface area contributed by atoms with Gasteiger partial charge >= 0.3 is 0 Å². The highest BCUT2D eigenvalue weighted by molar-refractivity contribution is 7.22. The molecule has 1 N–H and O–H groups in total. The zero-order chi connectivity index (χ0) is 21.5. The van der Waals surface area contributed by atoms with E-state index in [4.69, 9.17) is 11.6 Å². The number of pyridine rings is 1. The summed E-state index contributed by atoms with van der Waals surface area (Å²) in [5, 5.41) is 14.9. The number of carbonyl (C=O) groups excluding carboxylic acids is 1.